The van der Waals surface area contributed by atoms with E-state index in [4.69, 9.17) is 18.9 Å². The molecule has 0 aromatic rings. The molecule has 0 unspecified atom stereocenters. The van der Waals surface area contributed by atoms with Gasteiger partial charge in [-0.25, -0.2) is 0 Å². The highest BCUT2D eigenvalue weighted by Gasteiger charge is 2.65. The van der Waals surface area contributed by atoms with Crippen molar-refractivity contribution in [3.05, 3.63) is 11.6 Å². The molecule has 3 heterocycles. The third-order valence-corrected chi connectivity index (χ3v) is 7.95. The fraction of sp³-hybridized carbons (Fsp3) is 0.792. The van der Waals surface area contributed by atoms with Crippen LogP contribution in [0.25, 0.3) is 0 Å². The van der Waals surface area contributed by atoms with Crippen molar-refractivity contribution in [2.24, 2.45) is 23.7 Å². The maximum atomic E-state index is 13.1. The van der Waals surface area contributed by atoms with Crippen LogP contribution in [0.5, 0.6) is 0 Å². The minimum atomic E-state index is -1.43. The molecule has 10 atom stereocenters. The van der Waals surface area contributed by atoms with Crippen LogP contribution in [0.4, 0.5) is 0 Å². The van der Waals surface area contributed by atoms with Crippen molar-refractivity contribution < 1.29 is 38.4 Å². The Labute approximate surface area is 188 Å². The summed E-state index contributed by atoms with van der Waals surface area (Å²) in [6, 6.07) is 0. The van der Waals surface area contributed by atoms with Crippen LogP contribution in [0.1, 0.15) is 54.4 Å². The highest BCUT2D eigenvalue weighted by atomic mass is 16.6. The van der Waals surface area contributed by atoms with E-state index in [1.54, 1.807) is 13.0 Å². The van der Waals surface area contributed by atoms with Crippen LogP contribution >= 0.6 is 0 Å². The van der Waals surface area contributed by atoms with Crippen LogP contribution in [0.15, 0.2) is 11.6 Å². The SMILES string of the molecule is CC(=O)O[C@@H]1C[C@@H](OC(C)=O)[C@](C)(O)C[C@@H]2O[C@H]3[C@@H]4[C@H]2C(C)=CC(=O)[C@@H]4[C@@H](C)CO[C@@]13C. The highest BCUT2D eigenvalue weighted by Crippen LogP contribution is 2.56. The third-order valence-electron chi connectivity index (χ3n) is 7.95. The van der Waals surface area contributed by atoms with Crippen LogP contribution in [-0.2, 0) is 33.3 Å². The number of fused-ring (bicyclic) bond motifs is 2. The van der Waals surface area contributed by atoms with E-state index in [9.17, 15) is 19.5 Å². The third kappa shape index (κ3) is 3.70. The molecule has 3 aliphatic heterocycles. The number of hydrogen-bond acceptors (Lipinski definition) is 8. The highest BCUT2D eigenvalue weighted by molar-refractivity contribution is 5.94. The van der Waals surface area contributed by atoms with Gasteiger partial charge in [0.15, 0.2) is 5.78 Å². The summed E-state index contributed by atoms with van der Waals surface area (Å²) in [5.74, 6) is -1.52. The van der Waals surface area contributed by atoms with E-state index in [1.165, 1.54) is 13.8 Å². The lowest BCUT2D eigenvalue weighted by Crippen LogP contribution is -2.58. The molecular weight excluding hydrogens is 416 g/mol. The van der Waals surface area contributed by atoms with Gasteiger partial charge in [0.1, 0.15) is 23.4 Å². The van der Waals surface area contributed by atoms with Crippen molar-refractivity contribution in [1.29, 1.82) is 0 Å². The molecule has 0 aromatic carbocycles. The topological polar surface area (TPSA) is 108 Å². The number of rotatable bonds is 2. The van der Waals surface area contributed by atoms with E-state index >= 15 is 0 Å². The van der Waals surface area contributed by atoms with Gasteiger partial charge in [-0.2, -0.15) is 0 Å². The Hall–Kier alpha value is -1.77. The first kappa shape index (κ1) is 23.4. The van der Waals surface area contributed by atoms with E-state index in [-0.39, 0.29) is 42.3 Å². The molecule has 8 nitrogen and oxygen atoms in total. The number of esters is 2. The molecule has 1 N–H and O–H groups in total. The van der Waals surface area contributed by atoms with Gasteiger partial charge in [-0.15, -0.1) is 0 Å². The molecule has 0 aromatic heterocycles. The Balaban J connectivity index is 1.89. The predicted octanol–water partition coefficient (Wildman–Crippen LogP) is 1.96. The molecule has 2 bridgehead atoms. The van der Waals surface area contributed by atoms with Crippen LogP contribution in [0, 0.1) is 23.7 Å². The summed E-state index contributed by atoms with van der Waals surface area (Å²) < 4.78 is 24.3. The zero-order chi connectivity index (χ0) is 23.6. The quantitative estimate of drug-likeness (QED) is 0.636. The molecule has 3 fully saturated rings. The first-order chi connectivity index (χ1) is 14.8. The Morgan fingerprint density at radius 2 is 1.75 bits per heavy atom. The molecular formula is C24H34O8. The zero-order valence-electron chi connectivity index (χ0n) is 19.6. The van der Waals surface area contributed by atoms with Crippen LogP contribution < -0.4 is 0 Å². The lowest BCUT2D eigenvalue weighted by atomic mass is 9.62. The molecule has 4 rings (SSSR count). The Morgan fingerprint density at radius 1 is 1.12 bits per heavy atom. The van der Waals surface area contributed by atoms with Crippen LogP contribution in [0.3, 0.4) is 0 Å². The second kappa shape index (κ2) is 7.92. The molecule has 8 heteroatoms. The first-order valence-corrected chi connectivity index (χ1v) is 11.4. The number of hydrogen-bond donors (Lipinski definition) is 1. The summed E-state index contributed by atoms with van der Waals surface area (Å²) >= 11 is 0. The van der Waals surface area contributed by atoms with Gasteiger partial charge in [0.2, 0.25) is 0 Å². The number of carbonyl (C=O) groups is 3. The smallest absolute Gasteiger partial charge is 0.303 e. The maximum Gasteiger partial charge on any atom is 0.303 e. The lowest BCUT2D eigenvalue weighted by Gasteiger charge is -2.44. The number of aliphatic hydroxyl groups is 1. The molecule has 4 aliphatic rings. The predicted molar refractivity (Wildman–Crippen MR) is 112 cm³/mol. The largest absolute Gasteiger partial charge is 0.459 e. The molecule has 0 spiro atoms. The van der Waals surface area contributed by atoms with E-state index in [2.05, 4.69) is 0 Å². The standard InChI is InChI=1S/C24H34O8/c1-11-7-15(27)19-12(2)10-29-24(6)18(31-14(4)26)8-17(30-13(3)25)23(5,28)9-16-20(11)21(19)22(24)32-16/h7,12,16-22,28H,8-10H2,1-6H3/t12-,16-,17+,18+,19-,20-,21-,22-,23+,24-/m0/s1. The average Bonchev–Trinajstić information content (AvgIpc) is 2.98. The minimum absolute atomic E-state index is 0.0467. The summed E-state index contributed by atoms with van der Waals surface area (Å²) in [5, 5.41) is 11.5. The summed E-state index contributed by atoms with van der Waals surface area (Å²) in [5.41, 5.74) is -1.59. The van der Waals surface area contributed by atoms with Crippen molar-refractivity contribution in [3.63, 3.8) is 0 Å². The van der Waals surface area contributed by atoms with E-state index in [0.717, 1.165) is 5.57 Å². The number of allylic oxidation sites excluding steroid dienone is 1. The molecule has 0 radical (unpaired) electrons. The van der Waals surface area contributed by atoms with Crippen molar-refractivity contribution in [2.45, 2.75) is 90.0 Å². The molecule has 3 saturated heterocycles. The van der Waals surface area contributed by atoms with Gasteiger partial charge in [-0.05, 0) is 32.8 Å². The van der Waals surface area contributed by atoms with Crippen LogP contribution in [0.2, 0.25) is 0 Å². The fourth-order valence-electron chi connectivity index (χ4n) is 6.50. The molecule has 32 heavy (non-hydrogen) atoms. The van der Waals surface area contributed by atoms with Gasteiger partial charge in [0.05, 0.1) is 18.8 Å². The summed E-state index contributed by atoms with van der Waals surface area (Å²) in [6.45, 7) is 10.3. The number of ketones is 1. The minimum Gasteiger partial charge on any atom is -0.459 e. The van der Waals surface area contributed by atoms with Crippen molar-refractivity contribution >= 4 is 17.7 Å². The molecule has 0 amide bonds. The van der Waals surface area contributed by atoms with E-state index in [1.807, 2.05) is 20.8 Å². The fourth-order valence-corrected chi connectivity index (χ4v) is 6.50. The van der Waals surface area contributed by atoms with Gasteiger partial charge in [0, 0.05) is 44.4 Å². The second-order valence-corrected chi connectivity index (χ2v) is 10.5. The Morgan fingerprint density at radius 3 is 2.38 bits per heavy atom. The van der Waals surface area contributed by atoms with Gasteiger partial charge >= 0.3 is 11.9 Å². The van der Waals surface area contributed by atoms with Gasteiger partial charge in [-0.3, -0.25) is 14.4 Å². The Kier molecular flexibility index (Phi) is 5.79. The summed E-state index contributed by atoms with van der Waals surface area (Å²) in [6.07, 6.45) is -0.689. The average molecular weight is 451 g/mol. The van der Waals surface area contributed by atoms with Crippen LogP contribution in [-0.4, -0.2) is 65.1 Å². The Bertz CT molecular complexity index is 847. The lowest BCUT2D eigenvalue weighted by molar-refractivity contribution is -0.207. The van der Waals surface area contributed by atoms with E-state index in [0.29, 0.717) is 6.61 Å². The van der Waals surface area contributed by atoms with Gasteiger partial charge in [-0.1, -0.05) is 12.5 Å². The molecule has 178 valence electrons. The second-order valence-electron chi connectivity index (χ2n) is 10.5. The molecule has 1 aliphatic carbocycles. The normalized spacial score (nSPS) is 48.0. The monoisotopic (exact) mass is 450 g/mol. The number of ether oxygens (including phenoxy) is 4. The van der Waals surface area contributed by atoms with Crippen molar-refractivity contribution in [3.8, 4) is 0 Å². The van der Waals surface area contributed by atoms with Crippen molar-refractivity contribution in [1.82, 2.24) is 0 Å². The van der Waals surface area contributed by atoms with Gasteiger partial charge < -0.3 is 24.1 Å². The van der Waals surface area contributed by atoms with Gasteiger partial charge in [0.25, 0.3) is 0 Å². The molecule has 0 saturated carbocycles. The summed E-state index contributed by atoms with van der Waals surface area (Å²) in [7, 11) is 0. The van der Waals surface area contributed by atoms with Crippen molar-refractivity contribution in [2.75, 3.05) is 6.61 Å². The number of carbonyl (C=O) groups excluding carboxylic acids is 3. The summed E-state index contributed by atoms with van der Waals surface area (Å²) in [4.78, 5) is 37.0. The van der Waals surface area contributed by atoms with E-state index < -0.39 is 47.6 Å². The maximum absolute atomic E-state index is 13.1. The zero-order valence-corrected chi connectivity index (χ0v) is 19.6. The first-order valence-electron chi connectivity index (χ1n) is 11.4.